The highest BCUT2D eigenvalue weighted by Gasteiger charge is 2.27. The molecule has 0 aliphatic heterocycles. The van der Waals surface area contributed by atoms with Crippen LogP contribution < -0.4 is 10.6 Å². The molecule has 0 spiro atoms. The first-order chi connectivity index (χ1) is 8.69. The van der Waals surface area contributed by atoms with Gasteiger partial charge in [0.1, 0.15) is 0 Å². The van der Waals surface area contributed by atoms with Gasteiger partial charge < -0.3 is 10.6 Å². The van der Waals surface area contributed by atoms with Crippen molar-refractivity contribution in [2.75, 3.05) is 11.9 Å². The van der Waals surface area contributed by atoms with Crippen LogP contribution in [0.3, 0.4) is 0 Å². The minimum absolute atomic E-state index is 0.0876. The SMILES string of the molecule is CCNC(=O)Cc1ccc(NC(C)C2CC2)cc1. The van der Waals surface area contributed by atoms with Gasteiger partial charge in [-0.3, -0.25) is 4.79 Å². The lowest BCUT2D eigenvalue weighted by molar-refractivity contribution is -0.120. The van der Waals surface area contributed by atoms with Gasteiger partial charge in [0.15, 0.2) is 0 Å². The summed E-state index contributed by atoms with van der Waals surface area (Å²) in [5.41, 5.74) is 2.21. The van der Waals surface area contributed by atoms with Gasteiger partial charge in [-0.2, -0.15) is 0 Å². The molecule has 3 nitrogen and oxygen atoms in total. The monoisotopic (exact) mass is 246 g/mol. The highest BCUT2D eigenvalue weighted by Crippen LogP contribution is 2.33. The van der Waals surface area contributed by atoms with Crippen LogP contribution >= 0.6 is 0 Å². The van der Waals surface area contributed by atoms with Gasteiger partial charge in [-0.15, -0.1) is 0 Å². The third kappa shape index (κ3) is 3.76. The maximum Gasteiger partial charge on any atom is 0.224 e. The van der Waals surface area contributed by atoms with E-state index in [2.05, 4.69) is 29.7 Å². The van der Waals surface area contributed by atoms with E-state index in [1.807, 2.05) is 19.1 Å². The van der Waals surface area contributed by atoms with Gasteiger partial charge in [0.25, 0.3) is 0 Å². The molecule has 0 heterocycles. The number of rotatable bonds is 6. The molecule has 1 aliphatic carbocycles. The maximum atomic E-state index is 11.4. The molecule has 98 valence electrons. The molecule has 2 N–H and O–H groups in total. The minimum Gasteiger partial charge on any atom is -0.382 e. The molecule has 1 unspecified atom stereocenters. The van der Waals surface area contributed by atoms with E-state index in [0.29, 0.717) is 19.0 Å². The van der Waals surface area contributed by atoms with Gasteiger partial charge in [-0.1, -0.05) is 12.1 Å². The molecule has 1 amide bonds. The van der Waals surface area contributed by atoms with Crippen LogP contribution in [0, 0.1) is 5.92 Å². The molecule has 18 heavy (non-hydrogen) atoms. The van der Waals surface area contributed by atoms with E-state index in [0.717, 1.165) is 17.2 Å². The Hall–Kier alpha value is -1.51. The predicted molar refractivity (Wildman–Crippen MR) is 74.6 cm³/mol. The lowest BCUT2D eigenvalue weighted by atomic mass is 10.1. The Morgan fingerprint density at radius 2 is 2.00 bits per heavy atom. The van der Waals surface area contributed by atoms with Crippen molar-refractivity contribution in [3.8, 4) is 0 Å². The third-order valence-electron chi connectivity index (χ3n) is 3.42. The van der Waals surface area contributed by atoms with Crippen LogP contribution in [0.1, 0.15) is 32.3 Å². The molecule has 1 aliphatic rings. The zero-order valence-electron chi connectivity index (χ0n) is 11.2. The summed E-state index contributed by atoms with van der Waals surface area (Å²) in [5.74, 6) is 0.935. The molecule has 0 aromatic heterocycles. The van der Waals surface area contributed by atoms with Gasteiger partial charge in [0.05, 0.1) is 6.42 Å². The summed E-state index contributed by atoms with van der Waals surface area (Å²) < 4.78 is 0. The highest BCUT2D eigenvalue weighted by molar-refractivity contribution is 5.78. The van der Waals surface area contributed by atoms with Crippen molar-refractivity contribution >= 4 is 11.6 Å². The molecule has 0 saturated heterocycles. The molecule has 1 aromatic rings. The zero-order chi connectivity index (χ0) is 13.0. The Morgan fingerprint density at radius 3 is 2.56 bits per heavy atom. The molecule has 1 aromatic carbocycles. The molecule has 1 saturated carbocycles. The summed E-state index contributed by atoms with van der Waals surface area (Å²) in [4.78, 5) is 11.4. The van der Waals surface area contributed by atoms with Crippen molar-refractivity contribution in [2.45, 2.75) is 39.2 Å². The standard InChI is InChI=1S/C15H22N2O/c1-3-16-15(18)10-12-4-8-14(9-5-12)17-11(2)13-6-7-13/h4-5,8-9,11,13,17H,3,6-7,10H2,1-2H3,(H,16,18). The van der Waals surface area contributed by atoms with Crippen LogP contribution in [0.2, 0.25) is 0 Å². The summed E-state index contributed by atoms with van der Waals surface area (Å²) >= 11 is 0. The van der Waals surface area contributed by atoms with E-state index in [-0.39, 0.29) is 5.91 Å². The zero-order valence-corrected chi connectivity index (χ0v) is 11.2. The van der Waals surface area contributed by atoms with Crippen molar-refractivity contribution in [2.24, 2.45) is 5.92 Å². The Morgan fingerprint density at radius 1 is 1.33 bits per heavy atom. The number of carbonyl (C=O) groups is 1. The van der Waals surface area contributed by atoms with Crippen LogP contribution in [0.5, 0.6) is 0 Å². The average molecular weight is 246 g/mol. The molecule has 0 radical (unpaired) electrons. The van der Waals surface area contributed by atoms with E-state index in [1.54, 1.807) is 0 Å². The summed E-state index contributed by atoms with van der Waals surface area (Å²) in [6.07, 6.45) is 3.17. The fourth-order valence-electron chi connectivity index (χ4n) is 2.14. The molecular weight excluding hydrogens is 224 g/mol. The summed E-state index contributed by atoms with van der Waals surface area (Å²) in [5, 5.41) is 6.32. The Bertz CT molecular complexity index is 395. The smallest absolute Gasteiger partial charge is 0.224 e. The Balaban J connectivity index is 1.86. The number of amides is 1. The van der Waals surface area contributed by atoms with Gasteiger partial charge in [-0.05, 0) is 50.3 Å². The lowest BCUT2D eigenvalue weighted by Gasteiger charge is -2.14. The van der Waals surface area contributed by atoms with Crippen LogP contribution in [0.25, 0.3) is 0 Å². The second kappa shape index (κ2) is 5.89. The van der Waals surface area contributed by atoms with Crippen LogP contribution in [-0.2, 0) is 11.2 Å². The number of hydrogen-bond donors (Lipinski definition) is 2. The van der Waals surface area contributed by atoms with Crippen molar-refractivity contribution < 1.29 is 4.79 Å². The van der Waals surface area contributed by atoms with E-state index < -0.39 is 0 Å². The van der Waals surface area contributed by atoms with Crippen molar-refractivity contribution in [1.29, 1.82) is 0 Å². The van der Waals surface area contributed by atoms with E-state index in [1.165, 1.54) is 12.8 Å². The number of anilines is 1. The molecule has 1 fully saturated rings. The first-order valence-corrected chi connectivity index (χ1v) is 6.81. The number of benzene rings is 1. The van der Waals surface area contributed by atoms with Gasteiger partial charge >= 0.3 is 0 Å². The number of hydrogen-bond acceptors (Lipinski definition) is 2. The van der Waals surface area contributed by atoms with Crippen molar-refractivity contribution in [1.82, 2.24) is 5.32 Å². The van der Waals surface area contributed by atoms with Crippen LogP contribution in [0.15, 0.2) is 24.3 Å². The maximum absolute atomic E-state index is 11.4. The van der Waals surface area contributed by atoms with E-state index in [4.69, 9.17) is 0 Å². The largest absolute Gasteiger partial charge is 0.382 e. The van der Waals surface area contributed by atoms with Crippen LogP contribution in [-0.4, -0.2) is 18.5 Å². The van der Waals surface area contributed by atoms with Crippen LogP contribution in [0.4, 0.5) is 5.69 Å². The lowest BCUT2D eigenvalue weighted by Crippen LogP contribution is -2.24. The number of nitrogens with one attached hydrogen (secondary N) is 2. The topological polar surface area (TPSA) is 41.1 Å². The Labute approximate surface area is 109 Å². The Kier molecular flexibility index (Phi) is 4.24. The fraction of sp³-hybridized carbons (Fsp3) is 0.533. The molecular formula is C15H22N2O. The van der Waals surface area contributed by atoms with Gasteiger partial charge in [0, 0.05) is 18.3 Å². The summed E-state index contributed by atoms with van der Waals surface area (Å²) in [6, 6.07) is 8.73. The first kappa shape index (κ1) is 12.9. The third-order valence-corrected chi connectivity index (χ3v) is 3.42. The quantitative estimate of drug-likeness (QED) is 0.810. The predicted octanol–water partition coefficient (Wildman–Crippen LogP) is 2.58. The second-order valence-corrected chi connectivity index (χ2v) is 5.10. The molecule has 1 atom stereocenters. The summed E-state index contributed by atoms with van der Waals surface area (Å²) in [7, 11) is 0. The number of carbonyl (C=O) groups excluding carboxylic acids is 1. The van der Waals surface area contributed by atoms with Crippen molar-refractivity contribution in [3.63, 3.8) is 0 Å². The minimum atomic E-state index is 0.0876. The second-order valence-electron chi connectivity index (χ2n) is 5.10. The van der Waals surface area contributed by atoms with Gasteiger partial charge in [-0.25, -0.2) is 0 Å². The highest BCUT2D eigenvalue weighted by atomic mass is 16.1. The fourth-order valence-corrected chi connectivity index (χ4v) is 2.14. The summed E-state index contributed by atoms with van der Waals surface area (Å²) in [6.45, 7) is 4.86. The number of likely N-dealkylation sites (N-methyl/N-ethyl adjacent to an activating group) is 1. The van der Waals surface area contributed by atoms with E-state index >= 15 is 0 Å². The molecule has 2 rings (SSSR count). The normalized spacial score (nSPS) is 16.1. The van der Waals surface area contributed by atoms with Gasteiger partial charge in [0.2, 0.25) is 5.91 Å². The van der Waals surface area contributed by atoms with Crippen molar-refractivity contribution in [3.05, 3.63) is 29.8 Å². The average Bonchev–Trinajstić information content (AvgIpc) is 3.16. The molecule has 0 bridgehead atoms. The van der Waals surface area contributed by atoms with E-state index in [9.17, 15) is 4.79 Å². The molecule has 3 heteroatoms. The first-order valence-electron chi connectivity index (χ1n) is 6.81.